The first-order valence-electron chi connectivity index (χ1n) is 7.31. The van der Waals surface area contributed by atoms with Gasteiger partial charge in [-0.25, -0.2) is 0 Å². The fraction of sp³-hybridized carbons (Fsp3) is 0.294. The molecule has 23 heavy (non-hydrogen) atoms. The Labute approximate surface area is 135 Å². The van der Waals surface area contributed by atoms with E-state index < -0.39 is 11.9 Å². The highest BCUT2D eigenvalue weighted by atomic mass is 16.5. The molecule has 1 fully saturated rings. The molecule has 1 aromatic carbocycles. The molecular formula is C17H20N2O4. The van der Waals surface area contributed by atoms with E-state index in [1.54, 1.807) is 0 Å². The predicted octanol–water partition coefficient (Wildman–Crippen LogP) is 0.986. The van der Waals surface area contributed by atoms with E-state index in [4.69, 9.17) is 15.2 Å². The van der Waals surface area contributed by atoms with E-state index in [1.807, 2.05) is 30.3 Å². The molecule has 1 atom stereocenters. The van der Waals surface area contributed by atoms with Crippen molar-refractivity contribution in [3.05, 3.63) is 60.4 Å². The predicted molar refractivity (Wildman–Crippen MR) is 85.0 cm³/mol. The van der Waals surface area contributed by atoms with Crippen molar-refractivity contribution in [2.75, 3.05) is 19.8 Å². The van der Waals surface area contributed by atoms with Gasteiger partial charge in [0.1, 0.15) is 12.8 Å². The Morgan fingerprint density at radius 2 is 2.13 bits per heavy atom. The minimum Gasteiger partial charge on any atom is -0.485 e. The lowest BCUT2D eigenvalue weighted by Crippen LogP contribution is -2.53. The number of hydrogen-bond acceptors (Lipinski definition) is 5. The third kappa shape index (κ3) is 4.77. The smallest absolute Gasteiger partial charge is 0.251 e. The van der Waals surface area contributed by atoms with Gasteiger partial charge in [-0.05, 0) is 11.6 Å². The molecule has 1 saturated heterocycles. The quantitative estimate of drug-likeness (QED) is 0.625. The number of carbonyl (C=O) groups is 2. The molecule has 0 aromatic heterocycles. The van der Waals surface area contributed by atoms with E-state index in [-0.39, 0.29) is 24.9 Å². The lowest BCUT2D eigenvalue weighted by Gasteiger charge is -2.32. The SMILES string of the molecule is C=CC(=O)/C(=C/C(=O)N1CCOCC1N)OCc1ccccc1. The maximum Gasteiger partial charge on any atom is 0.251 e. The van der Waals surface area contributed by atoms with Gasteiger partial charge < -0.3 is 20.1 Å². The van der Waals surface area contributed by atoms with Crippen molar-refractivity contribution in [1.29, 1.82) is 0 Å². The van der Waals surface area contributed by atoms with E-state index in [0.29, 0.717) is 13.2 Å². The molecule has 0 aliphatic carbocycles. The lowest BCUT2D eigenvalue weighted by molar-refractivity contribution is -0.134. The molecule has 2 N–H and O–H groups in total. The third-order valence-electron chi connectivity index (χ3n) is 3.37. The lowest BCUT2D eigenvalue weighted by atomic mass is 10.2. The molecule has 1 heterocycles. The van der Waals surface area contributed by atoms with Crippen LogP contribution in [-0.4, -0.2) is 42.5 Å². The van der Waals surface area contributed by atoms with Crippen molar-refractivity contribution in [3.63, 3.8) is 0 Å². The van der Waals surface area contributed by atoms with Crippen LogP contribution in [0.25, 0.3) is 0 Å². The molecule has 0 radical (unpaired) electrons. The van der Waals surface area contributed by atoms with Gasteiger partial charge in [0.2, 0.25) is 5.78 Å². The minimum atomic E-state index is -0.526. The first kappa shape index (κ1) is 16.9. The zero-order chi connectivity index (χ0) is 16.7. The molecular weight excluding hydrogens is 296 g/mol. The first-order valence-corrected chi connectivity index (χ1v) is 7.31. The van der Waals surface area contributed by atoms with Crippen molar-refractivity contribution in [3.8, 4) is 0 Å². The van der Waals surface area contributed by atoms with Crippen molar-refractivity contribution < 1.29 is 19.1 Å². The number of allylic oxidation sites excluding steroid dienone is 1. The van der Waals surface area contributed by atoms with Crippen LogP contribution in [0.1, 0.15) is 5.56 Å². The number of benzene rings is 1. The zero-order valence-corrected chi connectivity index (χ0v) is 12.8. The van der Waals surface area contributed by atoms with E-state index in [9.17, 15) is 9.59 Å². The number of ether oxygens (including phenoxy) is 2. The molecule has 1 aromatic rings. The monoisotopic (exact) mass is 316 g/mol. The summed E-state index contributed by atoms with van der Waals surface area (Å²) in [6.45, 7) is 4.69. The Bertz CT molecular complexity index is 598. The number of amides is 1. The molecule has 2 rings (SSSR count). The largest absolute Gasteiger partial charge is 0.485 e. The van der Waals surface area contributed by atoms with Crippen LogP contribution in [0.2, 0.25) is 0 Å². The topological polar surface area (TPSA) is 81.9 Å². The number of nitrogens with zero attached hydrogens (tertiary/aromatic N) is 1. The summed E-state index contributed by atoms with van der Waals surface area (Å²) in [6.07, 6.45) is 1.75. The maximum atomic E-state index is 12.3. The van der Waals surface area contributed by atoms with E-state index in [1.165, 1.54) is 4.90 Å². The van der Waals surface area contributed by atoms with Crippen LogP contribution in [-0.2, 0) is 25.7 Å². The average Bonchev–Trinajstić information content (AvgIpc) is 2.59. The van der Waals surface area contributed by atoms with Gasteiger partial charge >= 0.3 is 0 Å². The molecule has 1 unspecified atom stereocenters. The van der Waals surface area contributed by atoms with Crippen molar-refractivity contribution in [1.82, 2.24) is 4.90 Å². The highest BCUT2D eigenvalue weighted by molar-refractivity contribution is 6.06. The fourth-order valence-electron chi connectivity index (χ4n) is 2.11. The van der Waals surface area contributed by atoms with Crippen molar-refractivity contribution in [2.45, 2.75) is 12.8 Å². The molecule has 122 valence electrons. The van der Waals surface area contributed by atoms with Crippen LogP contribution in [0, 0.1) is 0 Å². The maximum absolute atomic E-state index is 12.3. The first-order chi connectivity index (χ1) is 11.1. The van der Waals surface area contributed by atoms with Gasteiger partial charge in [-0.3, -0.25) is 9.59 Å². The van der Waals surface area contributed by atoms with Crippen LogP contribution in [0.15, 0.2) is 54.8 Å². The standard InChI is InChI=1S/C17H20N2O4/c1-2-14(20)15(23-11-13-6-4-3-5-7-13)10-17(21)19-8-9-22-12-16(19)18/h2-7,10,16H,1,8-9,11-12,18H2/b15-10-. The number of nitrogens with two attached hydrogens (primary N) is 1. The number of rotatable bonds is 6. The number of morpholine rings is 1. The molecule has 0 saturated carbocycles. The van der Waals surface area contributed by atoms with Gasteiger partial charge in [-0.1, -0.05) is 36.9 Å². The highest BCUT2D eigenvalue weighted by Crippen LogP contribution is 2.10. The van der Waals surface area contributed by atoms with Gasteiger partial charge in [0, 0.05) is 12.6 Å². The highest BCUT2D eigenvalue weighted by Gasteiger charge is 2.24. The third-order valence-corrected chi connectivity index (χ3v) is 3.37. The van der Waals surface area contributed by atoms with Crippen molar-refractivity contribution >= 4 is 11.7 Å². The van der Waals surface area contributed by atoms with E-state index in [0.717, 1.165) is 17.7 Å². The molecule has 1 aliphatic heterocycles. The Hall–Kier alpha value is -2.44. The second-order valence-corrected chi connectivity index (χ2v) is 5.03. The Morgan fingerprint density at radius 3 is 2.78 bits per heavy atom. The molecule has 6 heteroatoms. The summed E-state index contributed by atoms with van der Waals surface area (Å²) in [4.78, 5) is 25.6. The Balaban J connectivity index is 2.08. The summed E-state index contributed by atoms with van der Waals surface area (Å²) in [5.74, 6) is -0.872. The van der Waals surface area contributed by atoms with Crippen LogP contribution < -0.4 is 5.73 Å². The van der Waals surface area contributed by atoms with Crippen LogP contribution in [0.4, 0.5) is 0 Å². The van der Waals surface area contributed by atoms with Gasteiger partial charge in [-0.15, -0.1) is 0 Å². The Morgan fingerprint density at radius 1 is 1.39 bits per heavy atom. The van der Waals surface area contributed by atoms with Gasteiger partial charge in [0.15, 0.2) is 5.76 Å². The van der Waals surface area contributed by atoms with Crippen LogP contribution in [0.5, 0.6) is 0 Å². The molecule has 1 amide bonds. The van der Waals surface area contributed by atoms with Gasteiger partial charge in [-0.2, -0.15) is 0 Å². The van der Waals surface area contributed by atoms with Crippen LogP contribution >= 0.6 is 0 Å². The average molecular weight is 316 g/mol. The zero-order valence-electron chi connectivity index (χ0n) is 12.8. The minimum absolute atomic E-state index is 0.0486. The summed E-state index contributed by atoms with van der Waals surface area (Å²) < 4.78 is 10.7. The summed E-state index contributed by atoms with van der Waals surface area (Å²) in [7, 11) is 0. The second-order valence-electron chi connectivity index (χ2n) is 5.03. The molecule has 0 spiro atoms. The van der Waals surface area contributed by atoms with Gasteiger partial charge in [0.05, 0.1) is 13.2 Å². The van der Waals surface area contributed by atoms with Gasteiger partial charge in [0.25, 0.3) is 5.91 Å². The number of ketones is 1. The fourth-order valence-corrected chi connectivity index (χ4v) is 2.11. The summed E-state index contributed by atoms with van der Waals surface area (Å²) in [5, 5.41) is 0. The molecule has 0 bridgehead atoms. The van der Waals surface area contributed by atoms with E-state index in [2.05, 4.69) is 6.58 Å². The number of carbonyl (C=O) groups excluding carboxylic acids is 2. The summed E-state index contributed by atoms with van der Waals surface area (Å²) in [5.41, 5.74) is 6.73. The van der Waals surface area contributed by atoms with Crippen molar-refractivity contribution in [2.24, 2.45) is 5.73 Å². The molecule has 1 aliphatic rings. The number of hydrogen-bond donors (Lipinski definition) is 1. The Kier molecular flexibility index (Phi) is 6.08. The normalized spacial score (nSPS) is 18.4. The summed E-state index contributed by atoms with van der Waals surface area (Å²) >= 11 is 0. The molecule has 6 nitrogen and oxygen atoms in total. The van der Waals surface area contributed by atoms with E-state index >= 15 is 0 Å². The second kappa shape index (κ2) is 8.26. The summed E-state index contributed by atoms with van der Waals surface area (Å²) in [6, 6.07) is 9.37. The van der Waals surface area contributed by atoms with Crippen LogP contribution in [0.3, 0.4) is 0 Å².